The van der Waals surface area contributed by atoms with E-state index in [1.54, 1.807) is 17.9 Å². The number of rotatable bonds is 3. The summed E-state index contributed by atoms with van der Waals surface area (Å²) in [7, 11) is 1.72. The standard InChI is InChI=1S/C22H14F4N4O3/c1-28-6-10-7-29(9-16(10)27-28)20-15(25)5-12-19(18(20)26)30(8-13(21(12)31)22(32)33)17-3-2-11(23)4-14(17)24/h2-6,8H,7,9H2,1H3,(H,32,33). The van der Waals surface area contributed by atoms with Crippen LogP contribution in [0.2, 0.25) is 0 Å². The van der Waals surface area contributed by atoms with Crippen LogP contribution in [0.15, 0.2) is 41.5 Å². The molecule has 33 heavy (non-hydrogen) atoms. The van der Waals surface area contributed by atoms with Gasteiger partial charge < -0.3 is 14.6 Å². The van der Waals surface area contributed by atoms with Gasteiger partial charge in [0, 0.05) is 37.6 Å². The van der Waals surface area contributed by atoms with Gasteiger partial charge in [-0.25, -0.2) is 22.4 Å². The second kappa shape index (κ2) is 7.19. The first-order chi connectivity index (χ1) is 15.7. The summed E-state index contributed by atoms with van der Waals surface area (Å²) in [5.74, 6) is -5.96. The first-order valence-corrected chi connectivity index (χ1v) is 9.68. The zero-order valence-corrected chi connectivity index (χ0v) is 16.9. The zero-order chi connectivity index (χ0) is 23.6. The van der Waals surface area contributed by atoms with E-state index >= 15 is 8.78 Å². The highest BCUT2D eigenvalue weighted by Crippen LogP contribution is 2.36. The molecule has 0 spiro atoms. The van der Waals surface area contributed by atoms with Crippen LogP contribution >= 0.6 is 0 Å². The molecular formula is C22H14F4N4O3. The van der Waals surface area contributed by atoms with Gasteiger partial charge in [-0.2, -0.15) is 5.10 Å². The number of carboxylic acids is 1. The molecule has 2 aromatic carbocycles. The molecule has 0 saturated heterocycles. The summed E-state index contributed by atoms with van der Waals surface area (Å²) in [6.45, 7) is 0.239. The SMILES string of the molecule is Cn1cc2c(n1)CN(c1c(F)cc3c(=O)c(C(=O)O)cn(-c4ccc(F)cc4F)c3c1F)C2. The van der Waals surface area contributed by atoms with Crippen LogP contribution in [-0.4, -0.2) is 25.4 Å². The molecule has 0 unspecified atom stereocenters. The highest BCUT2D eigenvalue weighted by atomic mass is 19.1. The number of carboxylic acid groups (broad SMARTS) is 1. The molecule has 0 fully saturated rings. The molecule has 3 heterocycles. The maximum atomic E-state index is 15.8. The third-order valence-electron chi connectivity index (χ3n) is 5.57. The highest BCUT2D eigenvalue weighted by molar-refractivity contribution is 5.94. The van der Waals surface area contributed by atoms with Crippen molar-refractivity contribution >= 4 is 22.6 Å². The van der Waals surface area contributed by atoms with Gasteiger partial charge in [-0.05, 0) is 18.2 Å². The maximum Gasteiger partial charge on any atom is 0.341 e. The number of nitrogens with zero attached hydrogens (tertiary/aromatic N) is 4. The average molecular weight is 458 g/mol. The van der Waals surface area contributed by atoms with Crippen LogP contribution in [0.3, 0.4) is 0 Å². The summed E-state index contributed by atoms with van der Waals surface area (Å²) in [5.41, 5.74) is -1.98. The average Bonchev–Trinajstić information content (AvgIpc) is 3.26. The molecule has 4 aromatic rings. The number of benzene rings is 2. The number of aromatic carboxylic acids is 1. The van der Waals surface area contributed by atoms with Crippen molar-refractivity contribution in [3.05, 3.63) is 87.0 Å². The van der Waals surface area contributed by atoms with E-state index in [2.05, 4.69) is 5.10 Å². The first-order valence-electron chi connectivity index (χ1n) is 9.68. The lowest BCUT2D eigenvalue weighted by molar-refractivity contribution is 0.0695. The molecule has 0 radical (unpaired) electrons. The third kappa shape index (κ3) is 3.15. The van der Waals surface area contributed by atoms with Crippen LogP contribution in [0.5, 0.6) is 0 Å². The number of fused-ring (bicyclic) bond motifs is 2. The van der Waals surface area contributed by atoms with Gasteiger partial charge in [-0.15, -0.1) is 0 Å². The highest BCUT2D eigenvalue weighted by Gasteiger charge is 2.30. The molecular weight excluding hydrogens is 444 g/mol. The van der Waals surface area contributed by atoms with Crippen LogP contribution in [0, 0.1) is 23.3 Å². The summed E-state index contributed by atoms with van der Waals surface area (Å²) in [4.78, 5) is 25.7. The number of anilines is 1. The molecule has 11 heteroatoms. The van der Waals surface area contributed by atoms with Crippen molar-refractivity contribution in [3.63, 3.8) is 0 Å². The quantitative estimate of drug-likeness (QED) is 0.476. The fraction of sp³-hybridized carbons (Fsp3) is 0.136. The molecule has 5 rings (SSSR count). The Labute approximate surface area is 182 Å². The smallest absolute Gasteiger partial charge is 0.341 e. The van der Waals surface area contributed by atoms with Crippen molar-refractivity contribution in [2.45, 2.75) is 13.1 Å². The molecule has 0 bridgehead atoms. The number of pyridine rings is 1. The molecule has 1 aliphatic rings. The number of aryl methyl sites for hydroxylation is 1. The van der Waals surface area contributed by atoms with Gasteiger partial charge >= 0.3 is 5.97 Å². The summed E-state index contributed by atoms with van der Waals surface area (Å²) in [6.07, 6.45) is 2.46. The Morgan fingerprint density at radius 3 is 2.48 bits per heavy atom. The fourth-order valence-corrected chi connectivity index (χ4v) is 4.16. The Morgan fingerprint density at radius 2 is 1.82 bits per heavy atom. The van der Waals surface area contributed by atoms with Gasteiger partial charge in [0.2, 0.25) is 5.43 Å². The normalized spacial score (nSPS) is 13.1. The fourth-order valence-electron chi connectivity index (χ4n) is 4.16. The van der Waals surface area contributed by atoms with E-state index in [-0.39, 0.29) is 13.1 Å². The summed E-state index contributed by atoms with van der Waals surface area (Å²) in [5, 5.41) is 13.1. The monoisotopic (exact) mass is 458 g/mol. The molecule has 0 saturated carbocycles. The van der Waals surface area contributed by atoms with Crippen molar-refractivity contribution in [2.24, 2.45) is 7.05 Å². The van der Waals surface area contributed by atoms with Gasteiger partial charge in [0.05, 0.1) is 28.8 Å². The maximum absolute atomic E-state index is 15.8. The largest absolute Gasteiger partial charge is 0.477 e. The van der Waals surface area contributed by atoms with Crippen LogP contribution in [0.25, 0.3) is 16.6 Å². The summed E-state index contributed by atoms with van der Waals surface area (Å²) in [6, 6.07) is 3.13. The van der Waals surface area contributed by atoms with Crippen molar-refractivity contribution in [1.29, 1.82) is 0 Å². The third-order valence-corrected chi connectivity index (χ3v) is 5.57. The van der Waals surface area contributed by atoms with Gasteiger partial charge in [0.25, 0.3) is 0 Å². The minimum absolute atomic E-state index is 0.0951. The van der Waals surface area contributed by atoms with Gasteiger partial charge in [0.1, 0.15) is 28.7 Å². The topological polar surface area (TPSA) is 80.4 Å². The summed E-state index contributed by atoms with van der Waals surface area (Å²) < 4.78 is 61.3. The van der Waals surface area contributed by atoms with Crippen molar-refractivity contribution in [3.8, 4) is 5.69 Å². The molecule has 7 nitrogen and oxygen atoms in total. The van der Waals surface area contributed by atoms with E-state index < -0.39 is 62.5 Å². The minimum Gasteiger partial charge on any atom is -0.477 e. The Balaban J connectivity index is 1.81. The second-order valence-corrected chi connectivity index (χ2v) is 7.69. The van der Waals surface area contributed by atoms with Crippen LogP contribution < -0.4 is 10.3 Å². The van der Waals surface area contributed by atoms with Crippen LogP contribution in [0.1, 0.15) is 21.6 Å². The molecule has 0 amide bonds. The molecule has 0 aliphatic carbocycles. The van der Waals surface area contributed by atoms with Gasteiger partial charge in [-0.3, -0.25) is 9.48 Å². The zero-order valence-electron chi connectivity index (χ0n) is 16.9. The second-order valence-electron chi connectivity index (χ2n) is 7.69. The number of halogens is 4. The molecule has 1 N–H and O–H groups in total. The molecule has 0 atom stereocenters. The predicted octanol–water partition coefficient (Wildman–Crippen LogP) is 3.50. The van der Waals surface area contributed by atoms with Crippen molar-refractivity contribution in [1.82, 2.24) is 14.3 Å². The summed E-state index contributed by atoms with van der Waals surface area (Å²) >= 11 is 0. The van der Waals surface area contributed by atoms with E-state index in [1.807, 2.05) is 0 Å². The van der Waals surface area contributed by atoms with Crippen molar-refractivity contribution in [2.75, 3.05) is 4.90 Å². The molecule has 1 aliphatic heterocycles. The number of carbonyl (C=O) groups is 1. The molecule has 168 valence electrons. The van der Waals surface area contributed by atoms with Crippen LogP contribution in [0.4, 0.5) is 23.2 Å². The van der Waals surface area contributed by atoms with E-state index in [0.717, 1.165) is 34.5 Å². The first kappa shape index (κ1) is 20.7. The van der Waals surface area contributed by atoms with E-state index in [4.69, 9.17) is 0 Å². The predicted molar refractivity (Wildman–Crippen MR) is 109 cm³/mol. The molecule has 2 aromatic heterocycles. The minimum atomic E-state index is -1.66. The lowest BCUT2D eigenvalue weighted by Gasteiger charge is -2.22. The van der Waals surface area contributed by atoms with E-state index in [0.29, 0.717) is 11.8 Å². The van der Waals surface area contributed by atoms with E-state index in [9.17, 15) is 23.5 Å². The number of hydrogen-bond acceptors (Lipinski definition) is 4. The Kier molecular flexibility index (Phi) is 4.52. The van der Waals surface area contributed by atoms with E-state index in [1.165, 1.54) is 4.90 Å². The Morgan fingerprint density at radius 1 is 1.06 bits per heavy atom. The Bertz CT molecular complexity index is 1520. The Hall–Kier alpha value is -4.15. The number of aromatic nitrogens is 3. The van der Waals surface area contributed by atoms with Gasteiger partial charge in [0.15, 0.2) is 5.82 Å². The lowest BCUT2D eigenvalue weighted by atomic mass is 10.1. The van der Waals surface area contributed by atoms with Crippen molar-refractivity contribution < 1.29 is 27.5 Å². The van der Waals surface area contributed by atoms with Crippen LogP contribution in [-0.2, 0) is 20.1 Å². The number of hydrogen-bond donors (Lipinski definition) is 1. The lowest BCUT2D eigenvalue weighted by Crippen LogP contribution is -2.23. The van der Waals surface area contributed by atoms with Gasteiger partial charge in [-0.1, -0.05) is 0 Å².